The molecule has 0 saturated carbocycles. The molecule has 0 saturated heterocycles. The van der Waals surface area contributed by atoms with Gasteiger partial charge in [-0.1, -0.05) is 6.92 Å². The van der Waals surface area contributed by atoms with Crippen molar-refractivity contribution in [2.75, 3.05) is 13.1 Å². The van der Waals surface area contributed by atoms with Gasteiger partial charge in [0, 0.05) is 36.6 Å². The zero-order chi connectivity index (χ0) is 18.1. The highest BCUT2D eigenvalue weighted by Gasteiger charge is 2.10. The first-order valence-electron chi connectivity index (χ1n) is 8.10. The third-order valence-electron chi connectivity index (χ3n) is 3.75. The lowest BCUT2D eigenvalue weighted by atomic mass is 10.0. The van der Waals surface area contributed by atoms with Gasteiger partial charge in [-0.3, -0.25) is 9.59 Å². The number of amides is 2. The van der Waals surface area contributed by atoms with Gasteiger partial charge in [0.1, 0.15) is 6.54 Å². The van der Waals surface area contributed by atoms with Crippen LogP contribution >= 0.6 is 0 Å². The maximum Gasteiger partial charge on any atom is 0.251 e. The SMILES string of the molecule is CC(CCNC(=O)c1ccc(-n2ccnc2)cc1)CC(=O)NCC#N. The van der Waals surface area contributed by atoms with Crippen LogP contribution in [0.5, 0.6) is 0 Å². The number of benzene rings is 1. The number of nitriles is 1. The Morgan fingerprint density at radius 2 is 2.04 bits per heavy atom. The van der Waals surface area contributed by atoms with Gasteiger partial charge in [0.25, 0.3) is 5.91 Å². The minimum absolute atomic E-state index is 0.0252. The van der Waals surface area contributed by atoms with E-state index >= 15 is 0 Å². The van der Waals surface area contributed by atoms with Crippen LogP contribution in [0.2, 0.25) is 0 Å². The fourth-order valence-electron chi connectivity index (χ4n) is 2.36. The van der Waals surface area contributed by atoms with Gasteiger partial charge in [-0.2, -0.15) is 5.26 Å². The normalized spacial score (nSPS) is 11.4. The fourth-order valence-corrected chi connectivity index (χ4v) is 2.36. The number of nitrogens with one attached hydrogen (secondary N) is 2. The molecule has 1 atom stereocenters. The average molecular weight is 339 g/mol. The van der Waals surface area contributed by atoms with Crippen LogP contribution in [0.1, 0.15) is 30.1 Å². The lowest BCUT2D eigenvalue weighted by Gasteiger charge is -2.11. The molecular weight excluding hydrogens is 318 g/mol. The first-order chi connectivity index (χ1) is 12.1. The minimum Gasteiger partial charge on any atom is -0.352 e. The summed E-state index contributed by atoms with van der Waals surface area (Å²) in [6, 6.07) is 9.12. The standard InChI is InChI=1S/C18H21N5O2/c1-14(12-17(24)21-9-7-19)6-8-22-18(25)15-2-4-16(5-3-15)23-11-10-20-13-23/h2-5,10-11,13-14H,6,8-9,12H2,1H3,(H,21,24)(H,22,25). The number of hydrogen-bond acceptors (Lipinski definition) is 4. The maximum absolute atomic E-state index is 12.1. The van der Waals surface area contributed by atoms with Crippen LogP contribution in [-0.2, 0) is 4.79 Å². The van der Waals surface area contributed by atoms with Gasteiger partial charge in [0.15, 0.2) is 0 Å². The quantitative estimate of drug-likeness (QED) is 0.714. The summed E-state index contributed by atoms with van der Waals surface area (Å²) in [5.41, 5.74) is 1.52. The molecular formula is C18H21N5O2. The molecule has 1 heterocycles. The molecule has 0 bridgehead atoms. The molecule has 2 N–H and O–H groups in total. The van der Waals surface area contributed by atoms with Gasteiger partial charge in [0.05, 0.1) is 12.4 Å². The van der Waals surface area contributed by atoms with Gasteiger partial charge in [-0.25, -0.2) is 4.98 Å². The maximum atomic E-state index is 12.1. The molecule has 0 aliphatic carbocycles. The van der Waals surface area contributed by atoms with E-state index in [2.05, 4.69) is 15.6 Å². The van der Waals surface area contributed by atoms with E-state index in [1.165, 1.54) is 0 Å². The third-order valence-corrected chi connectivity index (χ3v) is 3.75. The van der Waals surface area contributed by atoms with Gasteiger partial charge in [-0.05, 0) is 36.6 Å². The van der Waals surface area contributed by atoms with Crippen molar-refractivity contribution in [3.8, 4) is 11.8 Å². The highest BCUT2D eigenvalue weighted by molar-refractivity contribution is 5.94. The summed E-state index contributed by atoms with van der Waals surface area (Å²) in [7, 11) is 0. The summed E-state index contributed by atoms with van der Waals surface area (Å²) < 4.78 is 1.86. The van der Waals surface area contributed by atoms with E-state index < -0.39 is 0 Å². The largest absolute Gasteiger partial charge is 0.352 e. The van der Waals surface area contributed by atoms with E-state index in [1.54, 1.807) is 24.7 Å². The van der Waals surface area contributed by atoms with E-state index in [-0.39, 0.29) is 24.3 Å². The van der Waals surface area contributed by atoms with E-state index in [4.69, 9.17) is 5.26 Å². The zero-order valence-electron chi connectivity index (χ0n) is 14.1. The molecule has 1 aromatic heterocycles. The Kier molecular flexibility index (Phi) is 6.72. The van der Waals surface area contributed by atoms with Crippen molar-refractivity contribution in [3.05, 3.63) is 48.5 Å². The van der Waals surface area contributed by atoms with E-state index in [1.807, 2.05) is 35.9 Å². The first-order valence-corrected chi connectivity index (χ1v) is 8.10. The smallest absolute Gasteiger partial charge is 0.251 e. The number of rotatable bonds is 8. The predicted molar refractivity (Wildman–Crippen MR) is 92.9 cm³/mol. The van der Waals surface area contributed by atoms with Crippen molar-refractivity contribution in [3.63, 3.8) is 0 Å². The molecule has 7 nitrogen and oxygen atoms in total. The van der Waals surface area contributed by atoms with Crippen LogP contribution in [0.25, 0.3) is 5.69 Å². The van der Waals surface area contributed by atoms with Crippen LogP contribution in [0.3, 0.4) is 0 Å². The van der Waals surface area contributed by atoms with Crippen molar-refractivity contribution in [2.45, 2.75) is 19.8 Å². The van der Waals surface area contributed by atoms with Gasteiger partial charge in [0.2, 0.25) is 5.91 Å². The van der Waals surface area contributed by atoms with Crippen LogP contribution in [0.4, 0.5) is 0 Å². The summed E-state index contributed by atoms with van der Waals surface area (Å²) in [6.07, 6.45) is 6.27. The van der Waals surface area contributed by atoms with Crippen LogP contribution in [0.15, 0.2) is 43.0 Å². The molecule has 0 radical (unpaired) electrons. The Labute approximate surface area is 146 Å². The number of carbonyl (C=O) groups excluding carboxylic acids is 2. The molecule has 0 aliphatic heterocycles. The monoisotopic (exact) mass is 339 g/mol. The molecule has 2 aromatic rings. The number of hydrogen-bond donors (Lipinski definition) is 2. The van der Waals surface area contributed by atoms with Crippen molar-refractivity contribution >= 4 is 11.8 Å². The van der Waals surface area contributed by atoms with Gasteiger partial charge in [-0.15, -0.1) is 0 Å². The van der Waals surface area contributed by atoms with Crippen LogP contribution in [0, 0.1) is 17.2 Å². The lowest BCUT2D eigenvalue weighted by molar-refractivity contribution is -0.121. The molecule has 7 heteroatoms. The molecule has 0 fully saturated rings. The zero-order valence-corrected chi connectivity index (χ0v) is 14.1. The minimum atomic E-state index is -0.143. The molecule has 0 aliphatic rings. The summed E-state index contributed by atoms with van der Waals surface area (Å²) in [6.45, 7) is 2.46. The first kappa shape index (κ1) is 18.2. The molecule has 25 heavy (non-hydrogen) atoms. The third kappa shape index (κ3) is 5.77. The second-order valence-corrected chi connectivity index (χ2v) is 5.81. The van der Waals surface area contributed by atoms with Gasteiger partial charge >= 0.3 is 0 Å². The van der Waals surface area contributed by atoms with Crippen molar-refractivity contribution in [2.24, 2.45) is 5.92 Å². The van der Waals surface area contributed by atoms with E-state index in [9.17, 15) is 9.59 Å². The average Bonchev–Trinajstić information content (AvgIpc) is 3.14. The summed E-state index contributed by atoms with van der Waals surface area (Å²) in [5.74, 6) is -0.156. The predicted octanol–water partition coefficient (Wildman–Crippen LogP) is 1.66. The summed E-state index contributed by atoms with van der Waals surface area (Å²) >= 11 is 0. The second-order valence-electron chi connectivity index (χ2n) is 5.81. The van der Waals surface area contributed by atoms with Gasteiger partial charge < -0.3 is 15.2 Å². The van der Waals surface area contributed by atoms with E-state index in [0.717, 1.165) is 5.69 Å². The van der Waals surface area contributed by atoms with Crippen molar-refractivity contribution in [1.29, 1.82) is 5.26 Å². The van der Waals surface area contributed by atoms with Crippen LogP contribution in [-0.4, -0.2) is 34.5 Å². The highest BCUT2D eigenvalue weighted by atomic mass is 16.2. The summed E-state index contributed by atoms with van der Waals surface area (Å²) in [4.78, 5) is 27.6. The number of aromatic nitrogens is 2. The molecule has 1 aromatic carbocycles. The molecule has 0 spiro atoms. The molecule has 1 unspecified atom stereocenters. The Hall–Kier alpha value is -3.14. The number of imidazole rings is 1. The molecule has 2 amide bonds. The highest BCUT2D eigenvalue weighted by Crippen LogP contribution is 2.10. The molecule has 130 valence electrons. The van der Waals surface area contributed by atoms with E-state index in [0.29, 0.717) is 24.9 Å². The lowest BCUT2D eigenvalue weighted by Crippen LogP contribution is -2.28. The Morgan fingerprint density at radius 1 is 1.28 bits per heavy atom. The number of carbonyl (C=O) groups is 2. The summed E-state index contributed by atoms with van der Waals surface area (Å²) in [5, 5.41) is 13.8. The Bertz CT molecular complexity index is 732. The Morgan fingerprint density at radius 3 is 2.68 bits per heavy atom. The van der Waals surface area contributed by atoms with Crippen LogP contribution < -0.4 is 10.6 Å². The number of nitrogens with zero attached hydrogens (tertiary/aromatic N) is 3. The Balaban J connectivity index is 1.75. The van der Waals surface area contributed by atoms with Crippen molar-refractivity contribution < 1.29 is 9.59 Å². The molecule has 2 rings (SSSR count). The topological polar surface area (TPSA) is 99.8 Å². The second kappa shape index (κ2) is 9.23. The fraction of sp³-hybridized carbons (Fsp3) is 0.333. The van der Waals surface area contributed by atoms with Crippen molar-refractivity contribution in [1.82, 2.24) is 20.2 Å².